The lowest BCUT2D eigenvalue weighted by molar-refractivity contribution is -0.118. The fourth-order valence-corrected chi connectivity index (χ4v) is 2.77. The maximum atomic E-state index is 12.1. The van der Waals surface area contributed by atoms with Crippen molar-refractivity contribution in [2.75, 3.05) is 18.5 Å². The molecule has 2 N–H and O–H groups in total. The van der Waals surface area contributed by atoms with Gasteiger partial charge in [0.15, 0.2) is 18.1 Å². The smallest absolute Gasteiger partial charge is 0.262 e. The zero-order valence-corrected chi connectivity index (χ0v) is 16.4. The van der Waals surface area contributed by atoms with E-state index in [0.717, 1.165) is 23.4 Å². The summed E-state index contributed by atoms with van der Waals surface area (Å²) in [7, 11) is 0. The maximum absolute atomic E-state index is 12.1. The van der Waals surface area contributed by atoms with Crippen LogP contribution in [0.3, 0.4) is 0 Å². The van der Waals surface area contributed by atoms with E-state index in [1.165, 1.54) is 0 Å². The molecule has 1 amide bonds. The predicted molar refractivity (Wildman–Crippen MR) is 113 cm³/mol. The monoisotopic (exact) mass is 391 g/mol. The number of hydrogen-bond acceptors (Lipinski definition) is 5. The molecule has 0 fully saturated rings. The molecule has 0 aliphatic carbocycles. The van der Waals surface area contributed by atoms with Crippen LogP contribution >= 0.6 is 0 Å². The number of aromatic nitrogens is 1. The number of para-hydroxylation sites is 1. The van der Waals surface area contributed by atoms with Crippen molar-refractivity contribution in [3.05, 3.63) is 84.2 Å². The second-order valence-electron chi connectivity index (χ2n) is 6.38. The van der Waals surface area contributed by atoms with Crippen LogP contribution < -0.4 is 20.1 Å². The highest BCUT2D eigenvalue weighted by Gasteiger charge is 2.10. The van der Waals surface area contributed by atoms with Gasteiger partial charge in [-0.2, -0.15) is 0 Å². The summed E-state index contributed by atoms with van der Waals surface area (Å²) in [5.41, 5.74) is 2.93. The fourth-order valence-electron chi connectivity index (χ4n) is 2.77. The number of pyridine rings is 1. The number of ether oxygens (including phenoxy) is 2. The van der Waals surface area contributed by atoms with Crippen molar-refractivity contribution in [1.29, 1.82) is 0 Å². The van der Waals surface area contributed by atoms with E-state index in [9.17, 15) is 4.79 Å². The molecule has 0 atom stereocenters. The summed E-state index contributed by atoms with van der Waals surface area (Å²) >= 11 is 0. The van der Waals surface area contributed by atoms with Crippen LogP contribution in [0, 0.1) is 0 Å². The average Bonchev–Trinajstić information content (AvgIpc) is 2.75. The molecule has 0 radical (unpaired) electrons. The molecule has 1 aromatic heterocycles. The van der Waals surface area contributed by atoms with Crippen molar-refractivity contribution in [1.82, 2.24) is 10.3 Å². The number of carbonyl (C=O) groups is 1. The van der Waals surface area contributed by atoms with Crippen LogP contribution in [-0.4, -0.2) is 24.1 Å². The molecule has 0 bridgehead atoms. The van der Waals surface area contributed by atoms with Crippen LogP contribution in [-0.2, 0) is 17.9 Å². The van der Waals surface area contributed by atoms with Gasteiger partial charge in [-0.3, -0.25) is 9.78 Å². The van der Waals surface area contributed by atoms with Gasteiger partial charge in [-0.05, 0) is 48.4 Å². The SMILES string of the molecule is CCOc1cc(CNCc2cccnc2)ccc1OCC(=O)Nc1ccccc1. The van der Waals surface area contributed by atoms with E-state index in [1.807, 2.05) is 73.8 Å². The Balaban J connectivity index is 1.55. The highest BCUT2D eigenvalue weighted by molar-refractivity contribution is 5.91. The second-order valence-corrected chi connectivity index (χ2v) is 6.38. The van der Waals surface area contributed by atoms with E-state index in [4.69, 9.17) is 9.47 Å². The van der Waals surface area contributed by atoms with Crippen molar-refractivity contribution in [3.8, 4) is 11.5 Å². The predicted octanol–water partition coefficient (Wildman–Crippen LogP) is 3.79. The standard InChI is InChI=1S/C23H25N3O3/c1-2-28-22-13-18(14-25-16-19-7-6-12-24-15-19)10-11-21(22)29-17-23(27)26-20-8-4-3-5-9-20/h3-13,15,25H,2,14,16-17H2,1H3,(H,26,27). The Morgan fingerprint density at radius 3 is 2.52 bits per heavy atom. The number of rotatable bonds is 10. The van der Waals surface area contributed by atoms with Crippen molar-refractivity contribution in [3.63, 3.8) is 0 Å². The van der Waals surface area contributed by atoms with Crippen molar-refractivity contribution < 1.29 is 14.3 Å². The lowest BCUT2D eigenvalue weighted by atomic mass is 10.2. The molecule has 0 saturated carbocycles. The number of nitrogens with one attached hydrogen (secondary N) is 2. The number of anilines is 1. The molecule has 6 nitrogen and oxygen atoms in total. The quantitative estimate of drug-likeness (QED) is 0.550. The van der Waals surface area contributed by atoms with Crippen molar-refractivity contribution in [2.24, 2.45) is 0 Å². The van der Waals surface area contributed by atoms with E-state index < -0.39 is 0 Å². The van der Waals surface area contributed by atoms with Crippen LogP contribution in [0.5, 0.6) is 11.5 Å². The first-order chi connectivity index (χ1) is 14.2. The normalized spacial score (nSPS) is 10.4. The van der Waals surface area contributed by atoms with Crippen LogP contribution in [0.1, 0.15) is 18.1 Å². The Labute approximate surface area is 170 Å². The summed E-state index contributed by atoms with van der Waals surface area (Å²) in [4.78, 5) is 16.2. The zero-order chi connectivity index (χ0) is 20.3. The van der Waals surface area contributed by atoms with E-state index in [2.05, 4.69) is 15.6 Å². The van der Waals surface area contributed by atoms with Gasteiger partial charge >= 0.3 is 0 Å². The molecule has 2 aromatic carbocycles. The number of carbonyl (C=O) groups excluding carboxylic acids is 1. The molecule has 0 unspecified atom stereocenters. The first-order valence-corrected chi connectivity index (χ1v) is 9.57. The minimum atomic E-state index is -0.221. The minimum Gasteiger partial charge on any atom is -0.490 e. The zero-order valence-electron chi connectivity index (χ0n) is 16.4. The van der Waals surface area contributed by atoms with Crippen molar-refractivity contribution >= 4 is 11.6 Å². The van der Waals surface area contributed by atoms with Gasteiger partial charge in [0.05, 0.1) is 6.61 Å². The lowest BCUT2D eigenvalue weighted by Crippen LogP contribution is -2.20. The van der Waals surface area contributed by atoms with Gasteiger partial charge in [-0.1, -0.05) is 30.3 Å². The molecule has 6 heteroatoms. The fraction of sp³-hybridized carbons (Fsp3) is 0.217. The molecule has 0 aliphatic rings. The second kappa shape index (κ2) is 10.8. The molecule has 0 saturated heterocycles. The molecule has 3 aromatic rings. The molecule has 3 rings (SSSR count). The van der Waals surface area contributed by atoms with E-state index in [0.29, 0.717) is 24.7 Å². The molecule has 0 aliphatic heterocycles. The van der Waals surface area contributed by atoms with E-state index >= 15 is 0 Å². The summed E-state index contributed by atoms with van der Waals surface area (Å²) in [5.74, 6) is 0.952. The summed E-state index contributed by atoms with van der Waals surface area (Å²) in [6.07, 6.45) is 3.60. The third-order valence-corrected chi connectivity index (χ3v) is 4.11. The Hall–Kier alpha value is -3.38. The minimum absolute atomic E-state index is 0.0897. The Morgan fingerprint density at radius 1 is 0.931 bits per heavy atom. The third kappa shape index (κ3) is 6.62. The van der Waals surface area contributed by atoms with Crippen molar-refractivity contribution in [2.45, 2.75) is 20.0 Å². The molecule has 150 valence electrons. The maximum Gasteiger partial charge on any atom is 0.262 e. The largest absolute Gasteiger partial charge is 0.490 e. The Morgan fingerprint density at radius 2 is 1.76 bits per heavy atom. The summed E-state index contributed by atoms with van der Waals surface area (Å²) < 4.78 is 11.4. The van der Waals surface area contributed by atoms with Gasteiger partial charge in [0.1, 0.15) is 0 Å². The molecular formula is C23H25N3O3. The lowest BCUT2D eigenvalue weighted by Gasteiger charge is -2.14. The summed E-state index contributed by atoms with van der Waals surface area (Å²) in [6.45, 7) is 3.76. The van der Waals surface area contributed by atoms with Gasteiger partial charge in [0, 0.05) is 31.2 Å². The highest BCUT2D eigenvalue weighted by atomic mass is 16.5. The first kappa shape index (κ1) is 20.4. The van der Waals surface area contributed by atoms with Gasteiger partial charge in [-0.15, -0.1) is 0 Å². The molecular weight excluding hydrogens is 366 g/mol. The Kier molecular flexibility index (Phi) is 7.60. The molecule has 29 heavy (non-hydrogen) atoms. The van der Waals surface area contributed by atoms with Crippen LogP contribution in [0.2, 0.25) is 0 Å². The van der Waals surface area contributed by atoms with Gasteiger partial charge < -0.3 is 20.1 Å². The third-order valence-electron chi connectivity index (χ3n) is 4.11. The number of benzene rings is 2. The average molecular weight is 391 g/mol. The topological polar surface area (TPSA) is 72.5 Å². The number of hydrogen-bond donors (Lipinski definition) is 2. The van der Waals surface area contributed by atoms with Gasteiger partial charge in [0.25, 0.3) is 5.91 Å². The van der Waals surface area contributed by atoms with Gasteiger partial charge in [-0.25, -0.2) is 0 Å². The summed E-state index contributed by atoms with van der Waals surface area (Å²) in [5, 5.41) is 6.18. The number of amides is 1. The Bertz CT molecular complexity index is 902. The van der Waals surface area contributed by atoms with Crippen LogP contribution in [0.15, 0.2) is 73.1 Å². The van der Waals surface area contributed by atoms with E-state index in [1.54, 1.807) is 6.20 Å². The van der Waals surface area contributed by atoms with E-state index in [-0.39, 0.29) is 12.5 Å². The van der Waals surface area contributed by atoms with Crippen LogP contribution in [0.25, 0.3) is 0 Å². The first-order valence-electron chi connectivity index (χ1n) is 9.57. The molecule has 0 spiro atoms. The highest BCUT2D eigenvalue weighted by Crippen LogP contribution is 2.28. The molecule has 1 heterocycles. The number of nitrogens with zero attached hydrogens (tertiary/aromatic N) is 1. The summed E-state index contributed by atoms with van der Waals surface area (Å²) in [6, 6.07) is 19.0. The van der Waals surface area contributed by atoms with Gasteiger partial charge in [0.2, 0.25) is 0 Å². The van der Waals surface area contributed by atoms with Crippen LogP contribution in [0.4, 0.5) is 5.69 Å².